The van der Waals surface area contributed by atoms with Gasteiger partial charge in [0.15, 0.2) is 11.8 Å². The molecule has 0 bridgehead atoms. The summed E-state index contributed by atoms with van der Waals surface area (Å²) in [5.41, 5.74) is 9.51. The Bertz CT molecular complexity index is 834. The number of pyridine rings is 1. The fourth-order valence-corrected chi connectivity index (χ4v) is 2.60. The summed E-state index contributed by atoms with van der Waals surface area (Å²) in [6, 6.07) is 9.29. The van der Waals surface area contributed by atoms with E-state index in [-0.39, 0.29) is 29.1 Å². The lowest BCUT2D eigenvalue weighted by Gasteiger charge is -2.12. The van der Waals surface area contributed by atoms with Crippen LogP contribution in [0.2, 0.25) is 5.02 Å². The minimum absolute atomic E-state index is 0.0167. The van der Waals surface area contributed by atoms with Crippen LogP contribution in [0.15, 0.2) is 35.5 Å². The van der Waals surface area contributed by atoms with Crippen LogP contribution in [0.4, 0.5) is 5.69 Å². The fraction of sp³-hybridized carbons (Fsp3) is 0.278. The van der Waals surface area contributed by atoms with Crippen LogP contribution in [0.1, 0.15) is 46.8 Å². The van der Waals surface area contributed by atoms with Crippen molar-refractivity contribution in [2.45, 2.75) is 33.0 Å². The molecule has 2 N–H and O–H groups in total. The van der Waals surface area contributed by atoms with Gasteiger partial charge in [0.1, 0.15) is 6.61 Å². The van der Waals surface area contributed by atoms with Gasteiger partial charge in [0, 0.05) is 6.42 Å². The minimum Gasteiger partial charge on any atom is -0.456 e. The second-order valence-electron chi connectivity index (χ2n) is 5.99. The lowest BCUT2D eigenvalue weighted by molar-refractivity contribution is 0.0462. The van der Waals surface area contributed by atoms with E-state index in [1.54, 1.807) is 6.07 Å². The van der Waals surface area contributed by atoms with Gasteiger partial charge >= 0.3 is 5.97 Å². The second-order valence-corrected chi connectivity index (χ2v) is 6.36. The first kappa shape index (κ1) is 17.2. The summed E-state index contributed by atoms with van der Waals surface area (Å²) in [4.78, 5) is 22.0. The van der Waals surface area contributed by atoms with Gasteiger partial charge in [-0.15, -0.1) is 0 Å². The fourth-order valence-electron chi connectivity index (χ4n) is 2.43. The molecule has 0 saturated carbocycles. The molecular weight excluding hydrogens is 342 g/mol. The van der Waals surface area contributed by atoms with Gasteiger partial charge in [-0.05, 0) is 25.5 Å². The van der Waals surface area contributed by atoms with Gasteiger partial charge in [-0.2, -0.15) is 0 Å². The monoisotopic (exact) mass is 359 g/mol. The van der Waals surface area contributed by atoms with Crippen LogP contribution < -0.4 is 5.73 Å². The first-order chi connectivity index (χ1) is 11.9. The van der Waals surface area contributed by atoms with E-state index in [1.807, 2.05) is 38.1 Å². The molecular formula is C18H18ClN3O3. The maximum Gasteiger partial charge on any atom is 0.358 e. The Morgan fingerprint density at radius 2 is 2.08 bits per heavy atom. The molecule has 25 heavy (non-hydrogen) atoms. The number of hydrogen-bond acceptors (Lipinski definition) is 6. The van der Waals surface area contributed by atoms with Crippen molar-refractivity contribution in [3.63, 3.8) is 0 Å². The number of nitrogens with zero attached hydrogens (tertiary/aromatic N) is 2. The third kappa shape index (κ3) is 3.91. The molecule has 0 amide bonds. The number of anilines is 1. The van der Waals surface area contributed by atoms with E-state index in [4.69, 9.17) is 26.9 Å². The highest BCUT2D eigenvalue weighted by molar-refractivity contribution is 6.35. The third-order valence-corrected chi connectivity index (χ3v) is 4.23. The number of rotatable bonds is 4. The lowest BCUT2D eigenvalue weighted by atomic mass is 10.1. The van der Waals surface area contributed by atoms with Crippen molar-refractivity contribution in [1.82, 2.24) is 4.98 Å². The largest absolute Gasteiger partial charge is 0.456 e. The third-order valence-electron chi connectivity index (χ3n) is 3.84. The number of halogens is 1. The summed E-state index contributed by atoms with van der Waals surface area (Å²) in [5, 5.41) is 3.97. The van der Waals surface area contributed by atoms with E-state index in [2.05, 4.69) is 10.1 Å². The summed E-state index contributed by atoms with van der Waals surface area (Å²) in [7, 11) is 0. The summed E-state index contributed by atoms with van der Waals surface area (Å²) >= 11 is 6.14. The number of esters is 1. The number of aromatic nitrogens is 1. The van der Waals surface area contributed by atoms with Gasteiger partial charge in [-0.25, -0.2) is 9.78 Å². The Kier molecular flexibility index (Phi) is 4.90. The molecule has 2 heterocycles. The van der Waals surface area contributed by atoms with Crippen molar-refractivity contribution in [2.24, 2.45) is 5.16 Å². The van der Waals surface area contributed by atoms with Crippen LogP contribution in [0.5, 0.6) is 0 Å². The Balaban J connectivity index is 1.77. The van der Waals surface area contributed by atoms with Gasteiger partial charge in [0.2, 0.25) is 0 Å². The number of nitrogens with two attached hydrogens (primary N) is 1. The Hall–Kier alpha value is -2.60. The first-order valence-electron chi connectivity index (χ1n) is 7.82. The molecule has 3 rings (SSSR count). The van der Waals surface area contributed by atoms with Crippen LogP contribution in [0.3, 0.4) is 0 Å². The number of oxime groups is 1. The molecule has 1 unspecified atom stereocenters. The van der Waals surface area contributed by atoms with Gasteiger partial charge in [-0.3, -0.25) is 0 Å². The van der Waals surface area contributed by atoms with E-state index in [1.165, 1.54) is 0 Å². The zero-order valence-corrected chi connectivity index (χ0v) is 14.7. The smallest absolute Gasteiger partial charge is 0.358 e. The predicted molar refractivity (Wildman–Crippen MR) is 95.5 cm³/mol. The number of ether oxygens (including phenoxy) is 1. The average molecular weight is 360 g/mol. The van der Waals surface area contributed by atoms with Crippen molar-refractivity contribution >= 4 is 29.0 Å². The van der Waals surface area contributed by atoms with E-state index in [0.717, 1.165) is 16.8 Å². The first-order valence-corrected chi connectivity index (χ1v) is 8.19. The molecule has 7 heteroatoms. The topological polar surface area (TPSA) is 86.8 Å². The number of hydrogen-bond donors (Lipinski definition) is 1. The molecule has 1 aliphatic rings. The molecule has 0 aliphatic carbocycles. The number of aryl methyl sites for hydroxylation is 1. The Morgan fingerprint density at radius 3 is 2.72 bits per heavy atom. The molecule has 0 spiro atoms. The van der Waals surface area contributed by atoms with E-state index >= 15 is 0 Å². The number of carbonyl (C=O) groups is 1. The molecule has 130 valence electrons. The van der Waals surface area contributed by atoms with Crippen LogP contribution in [0, 0.1) is 6.92 Å². The highest BCUT2D eigenvalue weighted by Crippen LogP contribution is 2.31. The van der Waals surface area contributed by atoms with Crippen molar-refractivity contribution < 1.29 is 14.4 Å². The zero-order valence-electron chi connectivity index (χ0n) is 14.0. The van der Waals surface area contributed by atoms with Gasteiger partial charge in [0.25, 0.3) is 0 Å². The quantitative estimate of drug-likeness (QED) is 0.838. The maximum atomic E-state index is 12.4. The van der Waals surface area contributed by atoms with Crippen LogP contribution in [0.25, 0.3) is 0 Å². The summed E-state index contributed by atoms with van der Waals surface area (Å²) in [5.74, 6) is -0.630. The van der Waals surface area contributed by atoms with E-state index in [0.29, 0.717) is 12.1 Å². The molecule has 6 nitrogen and oxygen atoms in total. The minimum atomic E-state index is -0.630. The molecule has 1 aliphatic heterocycles. The van der Waals surface area contributed by atoms with Crippen molar-refractivity contribution in [3.8, 4) is 0 Å². The van der Waals surface area contributed by atoms with Crippen molar-refractivity contribution in [1.29, 1.82) is 0 Å². The molecule has 0 saturated heterocycles. The molecule has 1 aromatic heterocycles. The van der Waals surface area contributed by atoms with Crippen molar-refractivity contribution in [2.75, 3.05) is 5.73 Å². The van der Waals surface area contributed by atoms with E-state index in [9.17, 15) is 4.79 Å². The van der Waals surface area contributed by atoms with Gasteiger partial charge in [0.05, 0.1) is 22.1 Å². The highest BCUT2D eigenvalue weighted by Gasteiger charge is 2.26. The normalized spacial score (nSPS) is 16.3. The summed E-state index contributed by atoms with van der Waals surface area (Å²) < 4.78 is 5.32. The summed E-state index contributed by atoms with van der Waals surface area (Å²) in [6.45, 7) is 3.98. The molecule has 1 aromatic carbocycles. The molecule has 0 radical (unpaired) electrons. The SMILES string of the molecule is CC1=NOC(c2cc(N)c(Cl)c(C(=O)OCc3ccc(C)cc3)n2)C1. The number of carbonyl (C=O) groups excluding carboxylic acids is 1. The molecule has 2 aromatic rings. The maximum absolute atomic E-state index is 12.4. The predicted octanol–water partition coefficient (Wildman–Crippen LogP) is 3.82. The zero-order chi connectivity index (χ0) is 18.0. The summed E-state index contributed by atoms with van der Waals surface area (Å²) in [6.07, 6.45) is 0.217. The molecule has 0 fully saturated rings. The number of benzene rings is 1. The van der Waals surface area contributed by atoms with Crippen LogP contribution in [-0.4, -0.2) is 16.7 Å². The van der Waals surface area contributed by atoms with Crippen molar-refractivity contribution in [3.05, 3.63) is 57.9 Å². The van der Waals surface area contributed by atoms with Gasteiger partial charge in [-0.1, -0.05) is 46.6 Å². The standard InChI is InChI=1S/C18H18ClN3O3/c1-10-3-5-12(6-4-10)9-24-18(23)17-16(19)13(20)8-14(21-17)15-7-11(2)22-25-15/h3-6,8,15H,7,9H2,1-2H3,(H2,20,21). The lowest BCUT2D eigenvalue weighted by Crippen LogP contribution is -2.13. The van der Waals surface area contributed by atoms with E-state index < -0.39 is 5.97 Å². The molecule has 1 atom stereocenters. The Morgan fingerprint density at radius 1 is 1.36 bits per heavy atom. The Labute approximate surface area is 150 Å². The highest BCUT2D eigenvalue weighted by atomic mass is 35.5. The van der Waals surface area contributed by atoms with Gasteiger partial charge < -0.3 is 15.3 Å². The van der Waals surface area contributed by atoms with Crippen LogP contribution >= 0.6 is 11.6 Å². The van der Waals surface area contributed by atoms with Crippen LogP contribution in [-0.2, 0) is 16.2 Å². The number of nitrogen functional groups attached to an aromatic ring is 1. The average Bonchev–Trinajstić information content (AvgIpc) is 3.03. The second kappa shape index (κ2) is 7.11.